The van der Waals surface area contributed by atoms with Gasteiger partial charge in [-0.25, -0.2) is 9.78 Å². The number of aryl methyl sites for hydroxylation is 1. The third-order valence-corrected chi connectivity index (χ3v) is 6.17. The number of imidazole rings is 1. The van der Waals surface area contributed by atoms with Gasteiger partial charge in [0.1, 0.15) is 6.26 Å². The predicted molar refractivity (Wildman–Crippen MR) is 118 cm³/mol. The highest BCUT2D eigenvalue weighted by molar-refractivity contribution is 5.92. The quantitative estimate of drug-likeness (QED) is 0.642. The summed E-state index contributed by atoms with van der Waals surface area (Å²) in [6.45, 7) is 12.6. The van der Waals surface area contributed by atoms with Gasteiger partial charge in [0, 0.05) is 44.4 Å². The molecular formula is C23H31N5O3. The van der Waals surface area contributed by atoms with Gasteiger partial charge in [-0.05, 0) is 29.4 Å². The number of pyridine rings is 1. The normalized spacial score (nSPS) is 19.2. The summed E-state index contributed by atoms with van der Waals surface area (Å²) in [4.78, 5) is 32.3. The van der Waals surface area contributed by atoms with Crippen LogP contribution in [0.5, 0.6) is 0 Å². The molecule has 0 N–H and O–H groups in total. The molecule has 8 nitrogen and oxygen atoms in total. The summed E-state index contributed by atoms with van der Waals surface area (Å²) in [5, 5.41) is 3.78. The molecule has 0 radical (unpaired) electrons. The van der Waals surface area contributed by atoms with Crippen molar-refractivity contribution >= 4 is 17.1 Å². The molecule has 4 rings (SSSR count). The standard InChI is InChI=1S/C23H31N5O3/c1-22(2,3)13-28-18-8-7-16(24-19(18)26(6)21(28)30)15-9-11-27(14-23(15,4)5)20(29)17-10-12-31-25-17/h7-8,10,12,15H,9,11,13-14H2,1-6H3. The van der Waals surface area contributed by atoms with Gasteiger partial charge in [0.2, 0.25) is 0 Å². The Morgan fingerprint density at radius 3 is 2.61 bits per heavy atom. The van der Waals surface area contributed by atoms with E-state index in [2.05, 4.69) is 39.8 Å². The number of amides is 1. The van der Waals surface area contributed by atoms with Gasteiger partial charge in [-0.1, -0.05) is 39.8 Å². The third kappa shape index (κ3) is 3.91. The van der Waals surface area contributed by atoms with Crippen molar-refractivity contribution in [2.24, 2.45) is 17.9 Å². The van der Waals surface area contributed by atoms with Crippen molar-refractivity contribution in [3.8, 4) is 0 Å². The second-order valence-electron chi connectivity index (χ2n) is 10.5. The Bertz CT molecular complexity index is 1160. The Hall–Kier alpha value is -2.90. The minimum absolute atomic E-state index is 0.0119. The molecule has 8 heteroatoms. The second kappa shape index (κ2) is 7.35. The molecule has 1 saturated heterocycles. The van der Waals surface area contributed by atoms with Crippen LogP contribution in [0, 0.1) is 10.8 Å². The summed E-state index contributed by atoms with van der Waals surface area (Å²) in [5.74, 6) is 0.0738. The Labute approximate surface area is 181 Å². The number of hydrogen-bond donors (Lipinski definition) is 0. The largest absolute Gasteiger partial charge is 0.364 e. The van der Waals surface area contributed by atoms with Crippen molar-refractivity contribution in [1.82, 2.24) is 24.2 Å². The van der Waals surface area contributed by atoms with E-state index in [1.54, 1.807) is 17.7 Å². The highest BCUT2D eigenvalue weighted by Gasteiger charge is 2.40. The van der Waals surface area contributed by atoms with Crippen LogP contribution in [-0.4, -0.2) is 43.2 Å². The van der Waals surface area contributed by atoms with Crippen LogP contribution in [0.4, 0.5) is 0 Å². The number of carbonyl (C=O) groups is 1. The number of piperidine rings is 1. The topological polar surface area (TPSA) is 86.2 Å². The molecule has 0 spiro atoms. The summed E-state index contributed by atoms with van der Waals surface area (Å²) in [5.41, 5.74) is 2.65. The Balaban J connectivity index is 1.64. The van der Waals surface area contributed by atoms with Crippen molar-refractivity contribution in [2.75, 3.05) is 13.1 Å². The molecule has 0 saturated carbocycles. The fraction of sp³-hybridized carbons (Fsp3) is 0.565. The van der Waals surface area contributed by atoms with Gasteiger partial charge < -0.3 is 9.42 Å². The van der Waals surface area contributed by atoms with Crippen LogP contribution in [0.1, 0.15) is 63.1 Å². The maximum absolute atomic E-state index is 12.8. The van der Waals surface area contributed by atoms with E-state index in [0.717, 1.165) is 17.6 Å². The lowest BCUT2D eigenvalue weighted by molar-refractivity contribution is 0.0510. The van der Waals surface area contributed by atoms with Crippen molar-refractivity contribution in [3.05, 3.63) is 46.3 Å². The summed E-state index contributed by atoms with van der Waals surface area (Å²) >= 11 is 0. The summed E-state index contributed by atoms with van der Waals surface area (Å²) in [6.07, 6.45) is 2.21. The molecule has 166 valence electrons. The highest BCUT2D eigenvalue weighted by Crippen LogP contribution is 2.42. The highest BCUT2D eigenvalue weighted by atomic mass is 16.5. The maximum Gasteiger partial charge on any atom is 0.330 e. The molecule has 1 fully saturated rings. The van der Waals surface area contributed by atoms with Gasteiger partial charge in [0.15, 0.2) is 11.3 Å². The maximum atomic E-state index is 12.8. The zero-order valence-electron chi connectivity index (χ0n) is 19.2. The molecule has 1 amide bonds. The molecule has 4 heterocycles. The first-order chi connectivity index (χ1) is 14.5. The Morgan fingerprint density at radius 2 is 2.00 bits per heavy atom. The van der Waals surface area contributed by atoms with Crippen molar-refractivity contribution in [3.63, 3.8) is 0 Å². The monoisotopic (exact) mass is 425 g/mol. The molecule has 0 aliphatic carbocycles. The molecule has 1 unspecified atom stereocenters. The van der Waals surface area contributed by atoms with Crippen LogP contribution in [0.15, 0.2) is 33.8 Å². The van der Waals surface area contributed by atoms with E-state index in [0.29, 0.717) is 31.0 Å². The minimum atomic E-state index is -0.175. The first kappa shape index (κ1) is 21.3. The number of fused-ring (bicyclic) bond motifs is 1. The minimum Gasteiger partial charge on any atom is -0.364 e. The first-order valence-electron chi connectivity index (χ1n) is 10.7. The zero-order chi connectivity index (χ0) is 22.6. The summed E-state index contributed by atoms with van der Waals surface area (Å²) < 4.78 is 8.28. The van der Waals surface area contributed by atoms with E-state index >= 15 is 0 Å². The fourth-order valence-electron chi connectivity index (χ4n) is 4.67. The van der Waals surface area contributed by atoms with E-state index < -0.39 is 0 Å². The van der Waals surface area contributed by atoms with E-state index in [-0.39, 0.29) is 28.3 Å². The van der Waals surface area contributed by atoms with Gasteiger partial charge in [0.25, 0.3) is 5.91 Å². The van der Waals surface area contributed by atoms with Crippen LogP contribution < -0.4 is 5.69 Å². The lowest BCUT2D eigenvalue weighted by atomic mass is 9.72. The predicted octanol–water partition coefficient (Wildman–Crippen LogP) is 3.43. The van der Waals surface area contributed by atoms with E-state index in [4.69, 9.17) is 9.51 Å². The molecular weight excluding hydrogens is 394 g/mol. The summed E-state index contributed by atoms with van der Waals surface area (Å²) in [7, 11) is 1.78. The van der Waals surface area contributed by atoms with Crippen molar-refractivity contribution in [2.45, 2.75) is 53.5 Å². The van der Waals surface area contributed by atoms with Crippen LogP contribution >= 0.6 is 0 Å². The Morgan fingerprint density at radius 1 is 1.26 bits per heavy atom. The number of hydrogen-bond acceptors (Lipinski definition) is 5. The molecule has 0 bridgehead atoms. The SMILES string of the molecule is Cn1c(=O)n(CC(C)(C)C)c2ccc(C3CCN(C(=O)c4ccon4)CC3(C)C)nc21. The number of aromatic nitrogens is 4. The smallest absolute Gasteiger partial charge is 0.330 e. The van der Waals surface area contributed by atoms with Crippen molar-refractivity contribution < 1.29 is 9.32 Å². The third-order valence-electron chi connectivity index (χ3n) is 6.17. The van der Waals surface area contributed by atoms with Gasteiger partial charge in [0.05, 0.1) is 5.52 Å². The lowest BCUT2D eigenvalue weighted by Crippen LogP contribution is -2.47. The number of carbonyl (C=O) groups excluding carboxylic acids is 1. The zero-order valence-corrected chi connectivity index (χ0v) is 19.2. The van der Waals surface area contributed by atoms with Gasteiger partial charge >= 0.3 is 5.69 Å². The first-order valence-corrected chi connectivity index (χ1v) is 10.7. The average molecular weight is 426 g/mol. The molecule has 1 aliphatic rings. The summed E-state index contributed by atoms with van der Waals surface area (Å²) in [6, 6.07) is 5.66. The number of nitrogens with zero attached hydrogens (tertiary/aromatic N) is 5. The molecule has 1 aliphatic heterocycles. The van der Waals surface area contributed by atoms with Crippen molar-refractivity contribution in [1.29, 1.82) is 0 Å². The van der Waals surface area contributed by atoms with Gasteiger partial charge in [-0.15, -0.1) is 0 Å². The number of rotatable bonds is 3. The van der Waals surface area contributed by atoms with Crippen LogP contribution in [0.2, 0.25) is 0 Å². The molecule has 3 aromatic rings. The fourth-order valence-corrected chi connectivity index (χ4v) is 4.67. The van der Waals surface area contributed by atoms with Crippen LogP contribution in [0.3, 0.4) is 0 Å². The van der Waals surface area contributed by atoms with Crippen LogP contribution in [-0.2, 0) is 13.6 Å². The molecule has 3 aromatic heterocycles. The number of likely N-dealkylation sites (tertiary alicyclic amines) is 1. The second-order valence-corrected chi connectivity index (χ2v) is 10.5. The average Bonchev–Trinajstić information content (AvgIpc) is 3.30. The van der Waals surface area contributed by atoms with Gasteiger partial charge in [-0.2, -0.15) is 0 Å². The Kier molecular flexibility index (Phi) is 5.06. The van der Waals surface area contributed by atoms with Gasteiger partial charge in [-0.3, -0.25) is 13.9 Å². The molecule has 1 atom stereocenters. The van der Waals surface area contributed by atoms with E-state index in [1.165, 1.54) is 6.26 Å². The molecule has 0 aromatic carbocycles. The van der Waals surface area contributed by atoms with E-state index in [1.807, 2.05) is 21.6 Å². The van der Waals surface area contributed by atoms with Crippen LogP contribution in [0.25, 0.3) is 11.2 Å². The lowest BCUT2D eigenvalue weighted by Gasteiger charge is -2.43. The van der Waals surface area contributed by atoms with E-state index in [9.17, 15) is 9.59 Å². The molecule has 31 heavy (non-hydrogen) atoms.